The maximum atomic E-state index is 14.5. The molecule has 11 nitrogen and oxygen atoms in total. The summed E-state index contributed by atoms with van der Waals surface area (Å²) in [5.74, 6) is -6.95. The molecule has 4 fully saturated rings. The predicted molar refractivity (Wildman–Crippen MR) is 208 cm³/mol. The maximum absolute atomic E-state index is 14.5. The summed E-state index contributed by atoms with van der Waals surface area (Å²) in [6.45, 7) is 17.3. The van der Waals surface area contributed by atoms with E-state index < -0.39 is 95.7 Å². The second kappa shape index (κ2) is 18.0. The second-order valence-electron chi connectivity index (χ2n) is 18.8. The topological polar surface area (TPSA) is 150 Å². The number of alkyl halides is 3. The molecule has 0 aromatic rings. The van der Waals surface area contributed by atoms with Gasteiger partial charge in [-0.2, -0.15) is 13.2 Å². The van der Waals surface area contributed by atoms with Gasteiger partial charge in [0.05, 0.1) is 53.7 Å². The first-order valence-electron chi connectivity index (χ1n) is 21.9. The van der Waals surface area contributed by atoms with E-state index in [-0.39, 0.29) is 42.2 Å². The Bertz CT molecular complexity index is 1460. The van der Waals surface area contributed by atoms with E-state index in [9.17, 15) is 38.1 Å². The Morgan fingerprint density at radius 2 is 1.59 bits per heavy atom. The van der Waals surface area contributed by atoms with E-state index in [2.05, 4.69) is 11.7 Å². The maximum Gasteiger partial charge on any atom is 0.422 e. The average Bonchev–Trinajstić information content (AvgIpc) is 3.52. The Morgan fingerprint density at radius 3 is 2.19 bits per heavy atom. The highest BCUT2D eigenvalue weighted by Crippen LogP contribution is 2.54. The fourth-order valence-electron chi connectivity index (χ4n) is 10.7. The molecule has 5 rings (SSSR count). The highest BCUT2D eigenvalue weighted by molar-refractivity contribution is 5.84. The third kappa shape index (κ3) is 9.39. The Hall–Kier alpha value is -1.65. The predicted octanol–water partition coefficient (Wildman–Crippen LogP) is 7.21. The number of hydrogen-bond donors (Lipinski definition) is 3. The van der Waals surface area contributed by atoms with Crippen molar-refractivity contribution >= 4 is 11.8 Å². The van der Waals surface area contributed by atoms with Crippen molar-refractivity contribution in [3.05, 3.63) is 12.2 Å². The van der Waals surface area contributed by atoms with E-state index in [1.165, 1.54) is 0 Å². The SMILES string of the molecule is CC[C@@H](C(=O)[C@@H](C)[C@@H](O)[C@H](C)[C@@H]1O[C@@H]([C@@H](CC)C(=O)OCC(F)(F)F)CC[C@@H]1C)[C@H]1O[C@]2(C=C[C@@H](O)[C@]3(CC[C@@](C)([C@H]4CC[C@](O)(CC)[C@H](C)O4)O3)O2)[C@H](C)C[C@@H]1C. The molecule has 5 heterocycles. The molecule has 58 heavy (non-hydrogen) atoms. The molecular formula is C44H71F3O11. The van der Waals surface area contributed by atoms with Gasteiger partial charge < -0.3 is 43.7 Å². The van der Waals surface area contributed by atoms with Crippen molar-refractivity contribution in [1.29, 1.82) is 0 Å². The van der Waals surface area contributed by atoms with Gasteiger partial charge in [-0.15, -0.1) is 0 Å². The molecule has 14 heteroatoms. The van der Waals surface area contributed by atoms with Gasteiger partial charge in [-0.1, -0.05) is 55.4 Å². The lowest BCUT2D eigenvalue weighted by molar-refractivity contribution is -0.409. The van der Waals surface area contributed by atoms with Crippen LogP contribution >= 0.6 is 0 Å². The quantitative estimate of drug-likeness (QED) is 0.128. The smallest absolute Gasteiger partial charge is 0.422 e. The second-order valence-corrected chi connectivity index (χ2v) is 18.8. The van der Waals surface area contributed by atoms with Crippen LogP contribution in [0.25, 0.3) is 0 Å². The molecule has 334 valence electrons. The first-order valence-corrected chi connectivity index (χ1v) is 21.9. The molecular weight excluding hydrogens is 761 g/mol. The number of hydrogen-bond acceptors (Lipinski definition) is 11. The molecule has 0 saturated carbocycles. The molecule has 2 spiro atoms. The van der Waals surface area contributed by atoms with Crippen molar-refractivity contribution < 1.29 is 66.5 Å². The minimum absolute atomic E-state index is 0.0397. The third-order valence-corrected chi connectivity index (χ3v) is 14.8. The molecule has 0 bridgehead atoms. The van der Waals surface area contributed by atoms with Crippen molar-refractivity contribution in [2.24, 2.45) is 41.4 Å². The van der Waals surface area contributed by atoms with Gasteiger partial charge in [0.15, 0.2) is 12.4 Å². The van der Waals surface area contributed by atoms with E-state index in [1.807, 2.05) is 48.5 Å². The molecule has 0 aliphatic carbocycles. The van der Waals surface area contributed by atoms with Gasteiger partial charge in [-0.25, -0.2) is 0 Å². The highest BCUT2D eigenvalue weighted by Gasteiger charge is 2.63. The summed E-state index contributed by atoms with van der Waals surface area (Å²) in [4.78, 5) is 27.2. The van der Waals surface area contributed by atoms with Crippen LogP contribution in [0.5, 0.6) is 0 Å². The molecule has 5 aliphatic heterocycles. The van der Waals surface area contributed by atoms with E-state index in [1.54, 1.807) is 26.0 Å². The lowest BCUT2D eigenvalue weighted by atomic mass is 9.72. The van der Waals surface area contributed by atoms with Crippen LogP contribution in [0.4, 0.5) is 13.2 Å². The summed E-state index contributed by atoms with van der Waals surface area (Å²) in [6, 6.07) is 0. The van der Waals surface area contributed by atoms with Crippen LogP contribution < -0.4 is 0 Å². The zero-order valence-corrected chi connectivity index (χ0v) is 36.3. The fraction of sp³-hybridized carbons (Fsp3) is 0.909. The number of esters is 1. The highest BCUT2D eigenvalue weighted by atomic mass is 19.4. The monoisotopic (exact) mass is 832 g/mol. The number of carbonyl (C=O) groups is 2. The van der Waals surface area contributed by atoms with Crippen LogP contribution in [0.3, 0.4) is 0 Å². The van der Waals surface area contributed by atoms with E-state index in [4.69, 9.17) is 23.7 Å². The number of carbonyl (C=O) groups excluding carboxylic acids is 2. The summed E-state index contributed by atoms with van der Waals surface area (Å²) in [7, 11) is 0. The molecule has 0 radical (unpaired) electrons. The number of Topliss-reactive ketones (excluding diaryl/α,β-unsaturated/α-hetero) is 1. The standard InChI is InChI=1S/C44H71F3O11/c1-11-30(39(51)53-23-44(45,46)47)32-15-14-24(4)37(55-32)28(8)35(49)27(7)36(50)31(12-2)38-25(5)22-26(6)42(56-38)19-16-33(48)43(58-42)21-20-40(10,57-43)34-17-18-41(52,13-3)29(9)54-34/h16,19,24-35,37-38,48-49,52H,11-15,17-18,20-23H2,1-10H3/t24-,25-,26+,27-,28-,29-,30+,31-,32+,33+,34+,35+,37+,38-,40-,41+,42-,43-/m0/s1. The Labute approximate surface area is 343 Å². The van der Waals surface area contributed by atoms with Crippen molar-refractivity contribution in [1.82, 2.24) is 0 Å². The normalized spacial score (nSPS) is 43.5. The number of aliphatic hydroxyl groups excluding tert-OH is 2. The lowest BCUT2D eigenvalue weighted by Gasteiger charge is -2.54. The van der Waals surface area contributed by atoms with Gasteiger partial charge in [-0.3, -0.25) is 9.59 Å². The van der Waals surface area contributed by atoms with Crippen molar-refractivity contribution in [3.8, 4) is 0 Å². The average molecular weight is 833 g/mol. The van der Waals surface area contributed by atoms with E-state index >= 15 is 0 Å². The van der Waals surface area contributed by atoms with Crippen LogP contribution in [-0.2, 0) is 38.0 Å². The summed E-state index contributed by atoms with van der Waals surface area (Å²) >= 11 is 0. The molecule has 0 aromatic carbocycles. The minimum atomic E-state index is -4.64. The van der Waals surface area contributed by atoms with Gasteiger partial charge in [-0.05, 0) is 95.6 Å². The Kier molecular flexibility index (Phi) is 14.7. The first-order chi connectivity index (χ1) is 27.0. The molecule has 0 aromatic heterocycles. The van der Waals surface area contributed by atoms with E-state index in [0.29, 0.717) is 57.8 Å². The number of ketones is 1. The summed E-state index contributed by atoms with van der Waals surface area (Å²) in [5, 5.41) is 34.3. The van der Waals surface area contributed by atoms with Crippen LogP contribution in [0, 0.1) is 41.4 Å². The van der Waals surface area contributed by atoms with Gasteiger partial charge in [0.1, 0.15) is 11.9 Å². The number of aliphatic hydroxyl groups is 3. The largest absolute Gasteiger partial charge is 0.456 e. The van der Waals surface area contributed by atoms with Crippen molar-refractivity contribution in [3.63, 3.8) is 0 Å². The van der Waals surface area contributed by atoms with Gasteiger partial charge >= 0.3 is 12.1 Å². The molecule has 18 atom stereocenters. The molecule has 0 amide bonds. The van der Waals surface area contributed by atoms with Crippen LogP contribution in [-0.4, -0.2) is 105 Å². The first kappa shape index (κ1) is 47.4. The number of halogens is 3. The Morgan fingerprint density at radius 1 is 0.914 bits per heavy atom. The van der Waals surface area contributed by atoms with Crippen LogP contribution in [0.2, 0.25) is 0 Å². The fourth-order valence-corrected chi connectivity index (χ4v) is 10.7. The summed E-state index contributed by atoms with van der Waals surface area (Å²) < 4.78 is 76.4. The van der Waals surface area contributed by atoms with E-state index in [0.717, 1.165) is 0 Å². The molecule has 3 N–H and O–H groups in total. The van der Waals surface area contributed by atoms with Gasteiger partial charge in [0.25, 0.3) is 0 Å². The van der Waals surface area contributed by atoms with Crippen LogP contribution in [0.15, 0.2) is 12.2 Å². The zero-order valence-electron chi connectivity index (χ0n) is 36.3. The lowest BCUT2D eigenvalue weighted by Crippen LogP contribution is -2.63. The summed E-state index contributed by atoms with van der Waals surface area (Å²) in [5.41, 5.74) is -1.70. The minimum Gasteiger partial charge on any atom is -0.456 e. The van der Waals surface area contributed by atoms with Crippen LogP contribution in [0.1, 0.15) is 133 Å². The zero-order chi connectivity index (χ0) is 43.2. The number of ether oxygens (including phenoxy) is 6. The molecule has 5 aliphatic rings. The van der Waals surface area contributed by atoms with Gasteiger partial charge in [0, 0.05) is 30.1 Å². The molecule has 4 saturated heterocycles. The van der Waals surface area contributed by atoms with Gasteiger partial charge in [0.2, 0.25) is 5.79 Å². The number of rotatable bonds is 13. The van der Waals surface area contributed by atoms with Crippen molar-refractivity contribution in [2.45, 2.75) is 205 Å². The third-order valence-electron chi connectivity index (χ3n) is 14.8. The summed E-state index contributed by atoms with van der Waals surface area (Å²) in [6.07, 6.45) is -0.830. The van der Waals surface area contributed by atoms with Crippen molar-refractivity contribution in [2.75, 3.05) is 6.61 Å². The Balaban J connectivity index is 1.29. The molecule has 0 unspecified atom stereocenters.